The van der Waals surface area contributed by atoms with Crippen molar-refractivity contribution >= 4 is 23.3 Å². The molecule has 1 amide bonds. The average molecular weight is 299 g/mol. The highest BCUT2D eigenvalue weighted by atomic mass is 35.5. The first-order valence-electron chi connectivity index (χ1n) is 6.80. The number of hydrogen-bond donors (Lipinski definition) is 2. The Hall–Kier alpha value is -1.20. The monoisotopic (exact) mass is 298 g/mol. The summed E-state index contributed by atoms with van der Waals surface area (Å²) in [5.41, 5.74) is 5.79. The van der Waals surface area contributed by atoms with Crippen LogP contribution in [-0.2, 0) is 4.79 Å². The van der Waals surface area contributed by atoms with Crippen molar-refractivity contribution in [1.29, 1.82) is 0 Å². The quantitative estimate of drug-likeness (QED) is 0.791. The van der Waals surface area contributed by atoms with E-state index in [1.807, 2.05) is 0 Å². The van der Waals surface area contributed by atoms with Crippen LogP contribution in [-0.4, -0.2) is 22.4 Å². The minimum Gasteiger partial charge on any atom is -0.330 e. The van der Waals surface area contributed by atoms with E-state index in [1.54, 1.807) is 0 Å². The van der Waals surface area contributed by atoms with Gasteiger partial charge in [-0.05, 0) is 30.7 Å². The Labute approximate surface area is 125 Å². The zero-order chi connectivity index (χ0) is 15.2. The van der Waals surface area contributed by atoms with Crippen LogP contribution in [0.4, 0.5) is 5.82 Å². The van der Waals surface area contributed by atoms with E-state index in [-0.39, 0.29) is 11.3 Å². The molecule has 0 aliphatic carbocycles. The van der Waals surface area contributed by atoms with Crippen molar-refractivity contribution in [1.82, 2.24) is 9.97 Å². The maximum atomic E-state index is 11.9. The minimum absolute atomic E-state index is 0.0639. The smallest absolute Gasteiger partial charge is 0.225 e. The molecular formula is C14H23ClN4O. The van der Waals surface area contributed by atoms with Crippen LogP contribution in [0.2, 0.25) is 5.15 Å². The molecule has 1 heterocycles. The summed E-state index contributed by atoms with van der Waals surface area (Å²) < 4.78 is 0. The molecule has 0 saturated carbocycles. The highest BCUT2D eigenvalue weighted by Gasteiger charge is 2.24. The Bertz CT molecular complexity index is 445. The van der Waals surface area contributed by atoms with Gasteiger partial charge in [-0.3, -0.25) is 4.79 Å². The second kappa shape index (κ2) is 7.55. The molecular weight excluding hydrogens is 276 g/mol. The predicted molar refractivity (Wildman–Crippen MR) is 81.5 cm³/mol. The summed E-state index contributed by atoms with van der Waals surface area (Å²) in [6.45, 7) is 7.17. The van der Waals surface area contributed by atoms with E-state index in [0.717, 1.165) is 12.8 Å². The number of nitrogens with zero attached hydrogens (tertiary/aromatic N) is 2. The van der Waals surface area contributed by atoms with Crippen LogP contribution in [0, 0.1) is 11.3 Å². The Morgan fingerprint density at radius 1 is 1.40 bits per heavy atom. The fraction of sp³-hybridized carbons (Fsp3) is 0.643. The van der Waals surface area contributed by atoms with E-state index < -0.39 is 0 Å². The van der Waals surface area contributed by atoms with E-state index in [9.17, 15) is 4.79 Å². The lowest BCUT2D eigenvalue weighted by Gasteiger charge is -2.30. The standard InChI is InChI=1S/C14H23ClN4O/c1-14(2,3)10(6-7-16)4-5-13(20)19-12-8-11(15)17-9-18-12/h8-10H,4-7,16H2,1-3H3,(H,17,18,19,20). The summed E-state index contributed by atoms with van der Waals surface area (Å²) in [4.78, 5) is 19.6. The molecule has 6 heteroatoms. The van der Waals surface area contributed by atoms with Gasteiger partial charge in [0.1, 0.15) is 17.3 Å². The van der Waals surface area contributed by atoms with Crippen molar-refractivity contribution < 1.29 is 4.79 Å². The van der Waals surface area contributed by atoms with Gasteiger partial charge >= 0.3 is 0 Å². The lowest BCUT2D eigenvalue weighted by molar-refractivity contribution is -0.116. The second-order valence-corrected chi connectivity index (χ2v) is 6.34. The van der Waals surface area contributed by atoms with Crippen LogP contribution in [0.1, 0.15) is 40.0 Å². The second-order valence-electron chi connectivity index (χ2n) is 5.95. The van der Waals surface area contributed by atoms with Crippen LogP contribution in [0.25, 0.3) is 0 Å². The third-order valence-corrected chi connectivity index (χ3v) is 3.57. The van der Waals surface area contributed by atoms with Gasteiger partial charge in [0.15, 0.2) is 0 Å². The van der Waals surface area contributed by atoms with E-state index >= 15 is 0 Å². The molecule has 1 rings (SSSR count). The summed E-state index contributed by atoms with van der Waals surface area (Å²) in [7, 11) is 0. The van der Waals surface area contributed by atoms with Gasteiger partial charge in [-0.2, -0.15) is 0 Å². The zero-order valence-electron chi connectivity index (χ0n) is 12.3. The van der Waals surface area contributed by atoms with Crippen molar-refractivity contribution in [3.63, 3.8) is 0 Å². The third-order valence-electron chi connectivity index (χ3n) is 3.36. The number of rotatable bonds is 6. The van der Waals surface area contributed by atoms with Gasteiger partial charge in [0, 0.05) is 12.5 Å². The van der Waals surface area contributed by atoms with Crippen LogP contribution in [0.5, 0.6) is 0 Å². The van der Waals surface area contributed by atoms with Gasteiger partial charge in [0.2, 0.25) is 5.91 Å². The number of nitrogens with two attached hydrogens (primary N) is 1. The topological polar surface area (TPSA) is 80.9 Å². The van der Waals surface area contributed by atoms with Gasteiger partial charge in [-0.25, -0.2) is 9.97 Å². The lowest BCUT2D eigenvalue weighted by Crippen LogP contribution is -2.25. The molecule has 1 aromatic rings. The molecule has 0 saturated heterocycles. The first-order valence-corrected chi connectivity index (χ1v) is 7.18. The predicted octanol–water partition coefficient (Wildman–Crippen LogP) is 2.86. The minimum atomic E-state index is -0.0639. The number of aromatic nitrogens is 2. The summed E-state index contributed by atoms with van der Waals surface area (Å²) in [5.74, 6) is 0.791. The summed E-state index contributed by atoms with van der Waals surface area (Å²) in [6, 6.07) is 1.53. The van der Waals surface area contributed by atoms with Crippen LogP contribution in [0.3, 0.4) is 0 Å². The molecule has 0 aliphatic rings. The maximum Gasteiger partial charge on any atom is 0.225 e. The number of carbonyl (C=O) groups excluding carboxylic acids is 1. The van der Waals surface area contributed by atoms with Gasteiger partial charge in [0.05, 0.1) is 0 Å². The molecule has 1 atom stereocenters. The number of nitrogens with one attached hydrogen (secondary N) is 1. The summed E-state index contributed by atoms with van der Waals surface area (Å²) in [6.07, 6.45) is 3.51. The average Bonchev–Trinajstić information content (AvgIpc) is 2.33. The molecule has 0 fully saturated rings. The highest BCUT2D eigenvalue weighted by molar-refractivity contribution is 6.29. The maximum absolute atomic E-state index is 11.9. The van der Waals surface area contributed by atoms with Crippen LogP contribution in [0.15, 0.2) is 12.4 Å². The molecule has 3 N–H and O–H groups in total. The van der Waals surface area contributed by atoms with Crippen molar-refractivity contribution in [2.24, 2.45) is 17.1 Å². The number of anilines is 1. The van der Waals surface area contributed by atoms with E-state index in [4.69, 9.17) is 17.3 Å². The largest absolute Gasteiger partial charge is 0.330 e. The Morgan fingerprint density at radius 3 is 2.65 bits per heavy atom. The molecule has 5 nitrogen and oxygen atoms in total. The molecule has 0 aliphatic heterocycles. The fourth-order valence-corrected chi connectivity index (χ4v) is 2.27. The zero-order valence-corrected chi connectivity index (χ0v) is 13.1. The van der Waals surface area contributed by atoms with Crippen molar-refractivity contribution in [2.45, 2.75) is 40.0 Å². The molecule has 0 aromatic carbocycles. The molecule has 0 radical (unpaired) electrons. The fourth-order valence-electron chi connectivity index (χ4n) is 2.12. The van der Waals surface area contributed by atoms with Crippen LogP contribution < -0.4 is 11.1 Å². The molecule has 1 aromatic heterocycles. The van der Waals surface area contributed by atoms with Crippen molar-refractivity contribution in [3.8, 4) is 0 Å². The van der Waals surface area contributed by atoms with E-state index in [2.05, 4.69) is 36.1 Å². The van der Waals surface area contributed by atoms with Crippen LogP contribution >= 0.6 is 11.6 Å². The van der Waals surface area contributed by atoms with Gasteiger partial charge in [-0.15, -0.1) is 0 Å². The number of amides is 1. The lowest BCUT2D eigenvalue weighted by atomic mass is 9.76. The van der Waals surface area contributed by atoms with Gasteiger partial charge < -0.3 is 11.1 Å². The highest BCUT2D eigenvalue weighted by Crippen LogP contribution is 2.32. The molecule has 0 bridgehead atoms. The first-order chi connectivity index (χ1) is 9.32. The van der Waals surface area contributed by atoms with Crippen molar-refractivity contribution in [2.75, 3.05) is 11.9 Å². The number of hydrogen-bond acceptors (Lipinski definition) is 4. The SMILES string of the molecule is CC(C)(C)C(CCN)CCC(=O)Nc1cc(Cl)ncn1. The number of halogens is 1. The molecule has 112 valence electrons. The van der Waals surface area contributed by atoms with E-state index in [1.165, 1.54) is 12.4 Å². The first kappa shape index (κ1) is 16.9. The normalized spacial score (nSPS) is 13.1. The summed E-state index contributed by atoms with van der Waals surface area (Å²) in [5, 5.41) is 3.04. The summed E-state index contributed by atoms with van der Waals surface area (Å²) >= 11 is 5.74. The van der Waals surface area contributed by atoms with Gasteiger partial charge in [-0.1, -0.05) is 32.4 Å². The molecule has 1 unspecified atom stereocenters. The van der Waals surface area contributed by atoms with Crippen molar-refractivity contribution in [3.05, 3.63) is 17.5 Å². The Morgan fingerprint density at radius 2 is 2.10 bits per heavy atom. The number of carbonyl (C=O) groups is 1. The molecule has 20 heavy (non-hydrogen) atoms. The Balaban J connectivity index is 2.50. The van der Waals surface area contributed by atoms with Gasteiger partial charge in [0.25, 0.3) is 0 Å². The van der Waals surface area contributed by atoms with E-state index in [0.29, 0.717) is 29.9 Å². The Kier molecular flexibility index (Phi) is 6.36. The third kappa shape index (κ3) is 5.84. The molecule has 0 spiro atoms.